The first kappa shape index (κ1) is 22.4. The fourth-order valence-corrected chi connectivity index (χ4v) is 3.17. The Morgan fingerprint density at radius 1 is 1.03 bits per heavy atom. The minimum absolute atomic E-state index is 0.191. The van der Waals surface area contributed by atoms with E-state index in [-0.39, 0.29) is 12.5 Å². The van der Waals surface area contributed by atoms with Crippen molar-refractivity contribution in [2.75, 3.05) is 22.1 Å². The molecule has 1 aliphatic rings. The van der Waals surface area contributed by atoms with Gasteiger partial charge in [-0.05, 0) is 55.0 Å². The molecule has 8 nitrogen and oxygen atoms in total. The quantitative estimate of drug-likeness (QED) is 0.632. The van der Waals surface area contributed by atoms with Crippen molar-refractivity contribution in [1.29, 1.82) is 0 Å². The van der Waals surface area contributed by atoms with Crippen LogP contribution < -0.4 is 15.5 Å². The number of urea groups is 1. The van der Waals surface area contributed by atoms with Gasteiger partial charge in [-0.2, -0.15) is 0 Å². The average Bonchev–Trinajstić information content (AvgIpc) is 2.95. The molecule has 2 aromatic rings. The number of carbonyl (C=O) groups excluding carboxylic acids is 2. The summed E-state index contributed by atoms with van der Waals surface area (Å²) in [6.45, 7) is 3.15. The first-order valence-electron chi connectivity index (χ1n) is 9.92. The van der Waals surface area contributed by atoms with Crippen LogP contribution in [0.5, 0.6) is 0 Å². The average molecular weight is 432 g/mol. The maximum absolute atomic E-state index is 12.4. The van der Waals surface area contributed by atoms with Gasteiger partial charge in [0.05, 0.1) is 11.4 Å². The molecule has 8 heteroatoms. The van der Waals surface area contributed by atoms with Crippen molar-refractivity contribution < 1.29 is 19.5 Å². The van der Waals surface area contributed by atoms with Crippen LogP contribution in [0.4, 0.5) is 21.9 Å². The number of rotatable bonds is 6. The number of para-hydroxylation sites is 1. The molecule has 0 radical (unpaired) electrons. The Balaban J connectivity index is 1.78. The monoisotopic (exact) mass is 432 g/mol. The van der Waals surface area contributed by atoms with Gasteiger partial charge >= 0.3 is 12.0 Å². The minimum atomic E-state index is -0.964. The number of anilines is 3. The highest BCUT2D eigenvalue weighted by molar-refractivity contribution is 6.01. The van der Waals surface area contributed by atoms with Crippen LogP contribution in [0.2, 0.25) is 0 Å². The molecule has 1 heterocycles. The Morgan fingerprint density at radius 2 is 1.81 bits per heavy atom. The lowest BCUT2D eigenvalue weighted by Crippen LogP contribution is -2.27. The zero-order valence-electron chi connectivity index (χ0n) is 17.8. The lowest BCUT2D eigenvalue weighted by Gasteiger charge is -2.23. The van der Waals surface area contributed by atoms with Gasteiger partial charge in [-0.1, -0.05) is 24.3 Å². The Hall–Kier alpha value is -4.33. The number of nitrogens with one attached hydrogen (secondary N) is 2. The third-order valence-corrected chi connectivity index (χ3v) is 4.63. The summed E-state index contributed by atoms with van der Waals surface area (Å²) >= 11 is 0. The molecule has 0 saturated carbocycles. The SMILES string of the molecule is CC(=O)N(C1=CC=CN(CC(=O)O)C=C1)c1cccc(NC(=O)Nc2ccccc2C)c1. The summed E-state index contributed by atoms with van der Waals surface area (Å²) in [5, 5.41) is 14.6. The van der Waals surface area contributed by atoms with Crippen LogP contribution in [0, 0.1) is 6.92 Å². The normalized spacial score (nSPS) is 12.6. The second-order valence-electron chi connectivity index (χ2n) is 7.11. The van der Waals surface area contributed by atoms with Crippen LogP contribution in [0.25, 0.3) is 0 Å². The van der Waals surface area contributed by atoms with Crippen molar-refractivity contribution in [2.24, 2.45) is 0 Å². The highest BCUT2D eigenvalue weighted by Crippen LogP contribution is 2.25. The van der Waals surface area contributed by atoms with E-state index in [9.17, 15) is 14.4 Å². The van der Waals surface area contributed by atoms with E-state index in [0.717, 1.165) is 5.56 Å². The summed E-state index contributed by atoms with van der Waals surface area (Å²) in [4.78, 5) is 38.8. The van der Waals surface area contributed by atoms with Crippen LogP contribution in [-0.4, -0.2) is 34.5 Å². The van der Waals surface area contributed by atoms with E-state index in [1.165, 1.54) is 16.7 Å². The number of allylic oxidation sites excluding steroid dienone is 3. The third-order valence-electron chi connectivity index (χ3n) is 4.63. The van der Waals surface area contributed by atoms with Gasteiger partial charge in [0.15, 0.2) is 0 Å². The van der Waals surface area contributed by atoms with Gasteiger partial charge in [0, 0.05) is 30.7 Å². The summed E-state index contributed by atoms with van der Waals surface area (Å²) in [6, 6.07) is 14.0. The molecule has 0 unspecified atom stereocenters. The molecule has 3 amide bonds. The summed E-state index contributed by atoms with van der Waals surface area (Å²) in [6.07, 6.45) is 8.26. The molecule has 3 rings (SSSR count). The van der Waals surface area contributed by atoms with Gasteiger partial charge in [-0.15, -0.1) is 0 Å². The lowest BCUT2D eigenvalue weighted by atomic mass is 10.2. The van der Waals surface area contributed by atoms with Crippen LogP contribution in [0.15, 0.2) is 84.9 Å². The van der Waals surface area contributed by atoms with Gasteiger partial charge < -0.3 is 20.6 Å². The first-order chi connectivity index (χ1) is 15.3. The van der Waals surface area contributed by atoms with Gasteiger partial charge in [0.1, 0.15) is 6.54 Å². The Bertz CT molecular complexity index is 1120. The zero-order chi connectivity index (χ0) is 23.1. The number of carboxylic acids is 1. The number of aryl methyl sites for hydroxylation is 1. The Kier molecular flexibility index (Phi) is 7.07. The van der Waals surface area contributed by atoms with Crippen molar-refractivity contribution in [3.05, 3.63) is 90.4 Å². The van der Waals surface area contributed by atoms with Crippen molar-refractivity contribution >= 4 is 35.0 Å². The number of benzene rings is 2. The van der Waals surface area contributed by atoms with E-state index in [1.807, 2.05) is 31.2 Å². The van der Waals surface area contributed by atoms with Gasteiger partial charge in [0.25, 0.3) is 0 Å². The number of hydrogen-bond donors (Lipinski definition) is 3. The molecule has 3 N–H and O–H groups in total. The van der Waals surface area contributed by atoms with Crippen LogP contribution in [0.3, 0.4) is 0 Å². The highest BCUT2D eigenvalue weighted by Gasteiger charge is 2.17. The molecule has 0 aliphatic carbocycles. The van der Waals surface area contributed by atoms with E-state index in [4.69, 9.17) is 5.11 Å². The summed E-state index contributed by atoms with van der Waals surface area (Å²) in [7, 11) is 0. The van der Waals surface area contributed by atoms with Crippen LogP contribution in [-0.2, 0) is 9.59 Å². The van der Waals surface area contributed by atoms with E-state index in [0.29, 0.717) is 22.8 Å². The Morgan fingerprint density at radius 3 is 2.53 bits per heavy atom. The van der Waals surface area contributed by atoms with E-state index >= 15 is 0 Å². The molecular formula is C24H24N4O4. The predicted molar refractivity (Wildman–Crippen MR) is 124 cm³/mol. The maximum atomic E-state index is 12.4. The maximum Gasteiger partial charge on any atom is 0.323 e. The summed E-state index contributed by atoms with van der Waals surface area (Å²) in [5.74, 6) is -1.20. The standard InChI is InChI=1S/C24H24N4O4/c1-17-7-3-4-11-22(17)26-24(32)25-19-8-5-9-21(15-19)28(18(2)29)20-10-6-13-27(14-12-20)16-23(30)31/h3-15H,16H2,1-2H3,(H,30,31)(H2,25,26,32). The van der Waals surface area contributed by atoms with Gasteiger partial charge in [-0.25, -0.2) is 4.79 Å². The molecule has 1 aliphatic heterocycles. The van der Waals surface area contributed by atoms with Gasteiger partial charge in [0.2, 0.25) is 5.91 Å². The van der Waals surface area contributed by atoms with Crippen LogP contribution in [0.1, 0.15) is 12.5 Å². The molecular weight excluding hydrogens is 408 g/mol. The highest BCUT2D eigenvalue weighted by atomic mass is 16.4. The van der Waals surface area contributed by atoms with Gasteiger partial charge in [-0.3, -0.25) is 14.5 Å². The third kappa shape index (κ3) is 5.85. The van der Waals surface area contributed by atoms with Crippen molar-refractivity contribution in [3.8, 4) is 0 Å². The summed E-state index contributed by atoms with van der Waals surface area (Å²) in [5.41, 5.74) is 3.28. The molecule has 32 heavy (non-hydrogen) atoms. The number of nitrogens with zero attached hydrogens (tertiary/aromatic N) is 2. The largest absolute Gasteiger partial charge is 0.480 e. The topological polar surface area (TPSA) is 102 Å². The van der Waals surface area contributed by atoms with Crippen LogP contribution >= 0.6 is 0 Å². The number of amides is 3. The minimum Gasteiger partial charge on any atom is -0.480 e. The molecule has 0 aromatic heterocycles. The second-order valence-corrected chi connectivity index (χ2v) is 7.11. The van der Waals surface area contributed by atoms with E-state index in [1.54, 1.807) is 54.9 Å². The van der Waals surface area contributed by atoms with Crippen molar-refractivity contribution in [2.45, 2.75) is 13.8 Å². The number of hydrogen-bond acceptors (Lipinski definition) is 4. The molecule has 0 fully saturated rings. The molecule has 0 spiro atoms. The molecule has 2 aromatic carbocycles. The smallest absolute Gasteiger partial charge is 0.323 e. The Labute approximate surface area is 186 Å². The van der Waals surface area contributed by atoms with E-state index < -0.39 is 12.0 Å². The number of aliphatic carboxylic acids is 1. The molecule has 0 bridgehead atoms. The lowest BCUT2D eigenvalue weighted by molar-refractivity contribution is -0.137. The summed E-state index contributed by atoms with van der Waals surface area (Å²) < 4.78 is 0. The number of carboxylic acid groups (broad SMARTS) is 1. The first-order valence-corrected chi connectivity index (χ1v) is 9.92. The molecule has 0 atom stereocenters. The predicted octanol–water partition coefficient (Wildman–Crippen LogP) is 4.30. The van der Waals surface area contributed by atoms with E-state index in [2.05, 4.69) is 10.6 Å². The number of carbonyl (C=O) groups is 3. The molecule has 164 valence electrons. The zero-order valence-corrected chi connectivity index (χ0v) is 17.8. The molecule has 0 saturated heterocycles. The second kappa shape index (κ2) is 10.1. The van der Waals surface area contributed by atoms with Crippen molar-refractivity contribution in [1.82, 2.24) is 4.90 Å². The van der Waals surface area contributed by atoms with Crippen molar-refractivity contribution in [3.63, 3.8) is 0 Å². The fraction of sp³-hybridized carbons (Fsp3) is 0.125. The fourth-order valence-electron chi connectivity index (χ4n) is 3.17.